The van der Waals surface area contributed by atoms with E-state index >= 15 is 0 Å². The molecule has 1 N–H and O–H groups in total. The molecule has 0 radical (unpaired) electrons. The van der Waals surface area contributed by atoms with E-state index in [-0.39, 0.29) is 5.75 Å². The van der Waals surface area contributed by atoms with E-state index in [0.29, 0.717) is 11.5 Å². The average Bonchev–Trinajstić information content (AvgIpc) is 2.44. The summed E-state index contributed by atoms with van der Waals surface area (Å²) in [6.07, 6.45) is 4.57. The minimum Gasteiger partial charge on any atom is -0.504 e. The van der Waals surface area contributed by atoms with Gasteiger partial charge >= 0.3 is 0 Å². The van der Waals surface area contributed by atoms with Crippen LogP contribution >= 0.6 is 15.9 Å². The fourth-order valence-corrected chi connectivity index (χ4v) is 2.40. The molecule has 0 heterocycles. The number of para-hydroxylation sites is 1. The van der Waals surface area contributed by atoms with Crippen molar-refractivity contribution in [3.05, 3.63) is 52.5 Å². The van der Waals surface area contributed by atoms with Crippen molar-refractivity contribution in [3.8, 4) is 17.2 Å². The topological polar surface area (TPSA) is 29.5 Å². The van der Waals surface area contributed by atoms with Crippen molar-refractivity contribution in [2.75, 3.05) is 0 Å². The number of aryl methyl sites for hydroxylation is 1. The van der Waals surface area contributed by atoms with Crippen LogP contribution in [0.3, 0.4) is 0 Å². The summed E-state index contributed by atoms with van der Waals surface area (Å²) in [6.45, 7) is 2.19. The smallest absolute Gasteiger partial charge is 0.169 e. The molecule has 0 saturated carbocycles. The maximum absolute atomic E-state index is 10.1. The zero-order chi connectivity index (χ0) is 14.4. The molecular weight excluding hydrogens is 316 g/mol. The minimum absolute atomic E-state index is 0.190. The number of hydrogen-bond donors (Lipinski definition) is 1. The van der Waals surface area contributed by atoms with Crippen molar-refractivity contribution in [3.63, 3.8) is 0 Å². The van der Waals surface area contributed by atoms with Crippen LogP contribution < -0.4 is 4.74 Å². The summed E-state index contributed by atoms with van der Waals surface area (Å²) in [4.78, 5) is 0. The third-order valence-electron chi connectivity index (χ3n) is 3.15. The summed E-state index contributed by atoms with van der Waals surface area (Å²) in [5.74, 6) is 1.37. The highest BCUT2D eigenvalue weighted by molar-refractivity contribution is 9.10. The molecule has 2 aromatic rings. The van der Waals surface area contributed by atoms with E-state index in [1.54, 1.807) is 6.07 Å². The molecule has 0 amide bonds. The first-order chi connectivity index (χ1) is 9.70. The van der Waals surface area contributed by atoms with Crippen LogP contribution in [0.4, 0.5) is 0 Å². The quantitative estimate of drug-likeness (QED) is 0.688. The molecule has 0 spiro atoms. The summed E-state index contributed by atoms with van der Waals surface area (Å²) in [5.41, 5.74) is 1.15. The van der Waals surface area contributed by atoms with Crippen LogP contribution in [0.25, 0.3) is 0 Å². The number of halogens is 1. The highest BCUT2D eigenvalue weighted by Gasteiger charge is 2.07. The molecule has 0 bridgehead atoms. The zero-order valence-electron chi connectivity index (χ0n) is 11.6. The van der Waals surface area contributed by atoms with Gasteiger partial charge < -0.3 is 9.84 Å². The van der Waals surface area contributed by atoms with Gasteiger partial charge in [0.1, 0.15) is 5.75 Å². The molecule has 106 valence electrons. The summed E-state index contributed by atoms with van der Waals surface area (Å²) in [7, 11) is 0. The Morgan fingerprint density at radius 3 is 2.55 bits per heavy atom. The van der Waals surface area contributed by atoms with E-state index in [1.807, 2.05) is 36.4 Å². The van der Waals surface area contributed by atoms with Crippen LogP contribution in [-0.2, 0) is 6.42 Å². The Morgan fingerprint density at radius 2 is 1.85 bits per heavy atom. The first-order valence-electron chi connectivity index (χ1n) is 6.95. The van der Waals surface area contributed by atoms with Crippen molar-refractivity contribution in [2.24, 2.45) is 0 Å². The Bertz CT molecular complexity index is 567. The predicted octanol–water partition coefficient (Wildman–Crippen LogP) is 5.68. The fourth-order valence-electron chi connectivity index (χ4n) is 2.03. The molecule has 0 atom stereocenters. The molecule has 0 saturated heterocycles. The van der Waals surface area contributed by atoms with Gasteiger partial charge in [0.2, 0.25) is 0 Å². The first kappa shape index (κ1) is 14.9. The molecule has 0 aromatic heterocycles. The van der Waals surface area contributed by atoms with Gasteiger partial charge in [-0.15, -0.1) is 0 Å². The highest BCUT2D eigenvalue weighted by Crippen LogP contribution is 2.35. The van der Waals surface area contributed by atoms with Crippen molar-refractivity contribution in [1.29, 1.82) is 0 Å². The Labute approximate surface area is 128 Å². The van der Waals surface area contributed by atoms with Gasteiger partial charge in [-0.05, 0) is 58.6 Å². The van der Waals surface area contributed by atoms with Gasteiger partial charge in [-0.2, -0.15) is 0 Å². The molecule has 0 aliphatic heterocycles. The maximum Gasteiger partial charge on any atom is 0.169 e. The van der Waals surface area contributed by atoms with Crippen LogP contribution in [0.15, 0.2) is 46.9 Å². The zero-order valence-corrected chi connectivity index (χ0v) is 13.2. The van der Waals surface area contributed by atoms with Gasteiger partial charge in [-0.1, -0.05) is 38.0 Å². The summed E-state index contributed by atoms with van der Waals surface area (Å²) in [6, 6.07) is 13.2. The van der Waals surface area contributed by atoms with Crippen molar-refractivity contribution in [2.45, 2.75) is 32.6 Å². The van der Waals surface area contributed by atoms with E-state index in [2.05, 4.69) is 22.9 Å². The summed E-state index contributed by atoms with van der Waals surface area (Å²) in [5, 5.41) is 10.1. The molecular formula is C17H19BrO2. The van der Waals surface area contributed by atoms with E-state index in [9.17, 15) is 5.11 Å². The Morgan fingerprint density at radius 1 is 1.05 bits per heavy atom. The maximum atomic E-state index is 10.1. The van der Waals surface area contributed by atoms with Gasteiger partial charge in [0, 0.05) is 0 Å². The van der Waals surface area contributed by atoms with Gasteiger partial charge in [0.15, 0.2) is 11.5 Å². The van der Waals surface area contributed by atoms with Crippen molar-refractivity contribution >= 4 is 15.9 Å². The summed E-state index contributed by atoms with van der Waals surface area (Å²) < 4.78 is 6.59. The van der Waals surface area contributed by atoms with Crippen LogP contribution in [-0.4, -0.2) is 5.11 Å². The molecule has 2 rings (SSSR count). The Balaban J connectivity index is 2.08. The number of aromatic hydroxyl groups is 1. The standard InChI is InChI=1S/C17H19BrO2/c1-2-3-4-7-13-10-11-17(15(19)12-13)20-16-9-6-5-8-14(16)18/h5-6,8-12,19H,2-4,7H2,1H3. The lowest BCUT2D eigenvalue weighted by molar-refractivity contribution is 0.409. The van der Waals surface area contributed by atoms with Crippen molar-refractivity contribution < 1.29 is 9.84 Å². The number of unbranched alkanes of at least 4 members (excludes halogenated alkanes) is 2. The second-order valence-electron chi connectivity index (χ2n) is 4.79. The van der Waals surface area contributed by atoms with Crippen LogP contribution in [0.1, 0.15) is 31.7 Å². The van der Waals surface area contributed by atoms with Gasteiger partial charge in [0.05, 0.1) is 4.47 Å². The first-order valence-corrected chi connectivity index (χ1v) is 7.74. The normalized spacial score (nSPS) is 10.5. The molecule has 20 heavy (non-hydrogen) atoms. The Hall–Kier alpha value is -1.48. The van der Waals surface area contributed by atoms with E-state index in [0.717, 1.165) is 22.9 Å². The lowest BCUT2D eigenvalue weighted by atomic mass is 10.1. The SMILES string of the molecule is CCCCCc1ccc(Oc2ccccc2Br)c(O)c1. The molecule has 2 nitrogen and oxygen atoms in total. The lowest BCUT2D eigenvalue weighted by Crippen LogP contribution is -1.89. The van der Waals surface area contributed by atoms with Crippen LogP contribution in [0.2, 0.25) is 0 Å². The van der Waals surface area contributed by atoms with E-state index in [1.165, 1.54) is 12.8 Å². The second-order valence-corrected chi connectivity index (χ2v) is 5.65. The average molecular weight is 335 g/mol. The van der Waals surface area contributed by atoms with Crippen molar-refractivity contribution in [1.82, 2.24) is 0 Å². The predicted molar refractivity (Wildman–Crippen MR) is 85.6 cm³/mol. The van der Waals surface area contributed by atoms with E-state index in [4.69, 9.17) is 4.74 Å². The molecule has 3 heteroatoms. The number of ether oxygens (including phenoxy) is 1. The largest absolute Gasteiger partial charge is 0.504 e. The van der Waals surface area contributed by atoms with Crippen LogP contribution in [0.5, 0.6) is 17.2 Å². The second kappa shape index (κ2) is 7.34. The number of phenols is 1. The lowest BCUT2D eigenvalue weighted by Gasteiger charge is -2.10. The summed E-state index contributed by atoms with van der Waals surface area (Å²) >= 11 is 3.43. The number of benzene rings is 2. The molecule has 0 aliphatic rings. The third-order valence-corrected chi connectivity index (χ3v) is 3.80. The number of phenolic OH excluding ortho intramolecular Hbond substituents is 1. The third kappa shape index (κ3) is 4.01. The minimum atomic E-state index is 0.190. The molecule has 2 aromatic carbocycles. The Kier molecular flexibility index (Phi) is 5.48. The number of hydrogen-bond acceptors (Lipinski definition) is 2. The molecule has 0 aliphatic carbocycles. The van der Waals surface area contributed by atoms with Gasteiger partial charge in [-0.3, -0.25) is 0 Å². The van der Waals surface area contributed by atoms with Gasteiger partial charge in [-0.25, -0.2) is 0 Å². The molecule has 0 fully saturated rings. The highest BCUT2D eigenvalue weighted by atomic mass is 79.9. The number of rotatable bonds is 6. The fraction of sp³-hybridized carbons (Fsp3) is 0.294. The van der Waals surface area contributed by atoms with E-state index < -0.39 is 0 Å². The molecule has 0 unspecified atom stereocenters. The van der Waals surface area contributed by atoms with Gasteiger partial charge in [0.25, 0.3) is 0 Å². The van der Waals surface area contributed by atoms with Crippen LogP contribution in [0, 0.1) is 0 Å². The monoisotopic (exact) mass is 334 g/mol.